The van der Waals surface area contributed by atoms with Crippen molar-refractivity contribution in [3.8, 4) is 0 Å². The predicted molar refractivity (Wildman–Crippen MR) is 71.8 cm³/mol. The van der Waals surface area contributed by atoms with Crippen LogP contribution in [0.15, 0.2) is 22.7 Å². The zero-order valence-electron chi connectivity index (χ0n) is 10.3. The molecule has 0 heterocycles. The topological polar surface area (TPSA) is 21.3 Å². The van der Waals surface area contributed by atoms with Crippen molar-refractivity contribution in [3.05, 3.63) is 34.1 Å². The van der Waals surface area contributed by atoms with Crippen LogP contribution >= 0.6 is 15.9 Å². The van der Waals surface area contributed by atoms with Crippen LogP contribution in [0, 0.1) is 5.82 Å². The molecule has 0 amide bonds. The fourth-order valence-corrected chi connectivity index (χ4v) is 1.99. The number of benzene rings is 1. The molecular formula is C13H19BrFNO. The zero-order valence-corrected chi connectivity index (χ0v) is 11.9. The van der Waals surface area contributed by atoms with E-state index < -0.39 is 0 Å². The summed E-state index contributed by atoms with van der Waals surface area (Å²) >= 11 is 3.43. The van der Waals surface area contributed by atoms with Crippen molar-refractivity contribution in [1.29, 1.82) is 0 Å². The predicted octanol–water partition coefficient (Wildman–Crippen LogP) is 3.15. The van der Waals surface area contributed by atoms with Gasteiger partial charge in [-0.2, -0.15) is 0 Å². The van der Waals surface area contributed by atoms with E-state index in [9.17, 15) is 4.39 Å². The lowest BCUT2D eigenvalue weighted by Crippen LogP contribution is -2.32. The number of likely N-dealkylation sites (N-methyl/N-ethyl adjacent to an activating group) is 1. The van der Waals surface area contributed by atoms with E-state index in [2.05, 4.69) is 28.2 Å². The molecular weight excluding hydrogens is 285 g/mol. The van der Waals surface area contributed by atoms with Gasteiger partial charge >= 0.3 is 0 Å². The van der Waals surface area contributed by atoms with Gasteiger partial charge in [-0.05, 0) is 43.7 Å². The lowest BCUT2D eigenvalue weighted by Gasteiger charge is -2.17. The molecule has 0 saturated heterocycles. The molecule has 0 aromatic heterocycles. The summed E-state index contributed by atoms with van der Waals surface area (Å²) < 4.78 is 19.6. The van der Waals surface area contributed by atoms with Crippen molar-refractivity contribution in [2.24, 2.45) is 0 Å². The summed E-state index contributed by atoms with van der Waals surface area (Å²) in [6.45, 7) is 3.49. The Morgan fingerprint density at radius 3 is 2.88 bits per heavy atom. The minimum atomic E-state index is -0.201. The molecule has 0 spiro atoms. The average Bonchev–Trinajstić information content (AvgIpc) is 2.32. The summed E-state index contributed by atoms with van der Waals surface area (Å²) in [6.07, 6.45) is 1.76. The molecule has 1 rings (SSSR count). The van der Waals surface area contributed by atoms with Gasteiger partial charge < -0.3 is 10.1 Å². The summed E-state index contributed by atoms with van der Waals surface area (Å²) in [5.74, 6) is -0.201. The molecule has 1 unspecified atom stereocenters. The molecule has 0 aliphatic carbocycles. The van der Waals surface area contributed by atoms with Gasteiger partial charge in [-0.1, -0.05) is 22.9 Å². The Kier molecular flexibility index (Phi) is 6.70. The van der Waals surface area contributed by atoms with Gasteiger partial charge in [0.15, 0.2) is 0 Å². The largest absolute Gasteiger partial charge is 0.380 e. The third-order valence-electron chi connectivity index (χ3n) is 2.55. The Bertz CT molecular complexity index is 346. The van der Waals surface area contributed by atoms with Gasteiger partial charge in [0, 0.05) is 17.1 Å². The van der Waals surface area contributed by atoms with E-state index in [1.807, 2.05) is 7.05 Å². The van der Waals surface area contributed by atoms with E-state index in [1.54, 1.807) is 12.1 Å². The van der Waals surface area contributed by atoms with Crippen LogP contribution in [0.5, 0.6) is 0 Å². The Hall–Kier alpha value is -0.450. The monoisotopic (exact) mass is 303 g/mol. The molecule has 1 N–H and O–H groups in total. The first-order valence-electron chi connectivity index (χ1n) is 5.86. The molecule has 0 saturated carbocycles. The molecule has 1 atom stereocenters. The van der Waals surface area contributed by atoms with Gasteiger partial charge in [0.1, 0.15) is 5.82 Å². The lowest BCUT2D eigenvalue weighted by atomic mass is 10.1. The van der Waals surface area contributed by atoms with Crippen LogP contribution in [0.3, 0.4) is 0 Å². The third-order valence-corrected chi connectivity index (χ3v) is 3.32. The fourth-order valence-electron chi connectivity index (χ4n) is 1.58. The van der Waals surface area contributed by atoms with Gasteiger partial charge in [0.25, 0.3) is 0 Å². The summed E-state index contributed by atoms with van der Waals surface area (Å²) in [5.41, 5.74) is 0.962. The second kappa shape index (κ2) is 7.80. The second-order valence-corrected chi connectivity index (χ2v) is 4.85. The summed E-state index contributed by atoms with van der Waals surface area (Å²) in [6, 6.07) is 4.97. The van der Waals surface area contributed by atoms with Gasteiger partial charge in [0.05, 0.1) is 6.61 Å². The van der Waals surface area contributed by atoms with E-state index in [0.717, 1.165) is 29.5 Å². The Morgan fingerprint density at radius 1 is 1.47 bits per heavy atom. The molecule has 96 valence electrons. The first-order chi connectivity index (χ1) is 8.17. The maximum Gasteiger partial charge on any atom is 0.123 e. The van der Waals surface area contributed by atoms with Crippen molar-refractivity contribution in [1.82, 2.24) is 5.32 Å². The third kappa shape index (κ3) is 5.15. The van der Waals surface area contributed by atoms with Gasteiger partial charge in [-0.25, -0.2) is 4.39 Å². The molecule has 0 aliphatic rings. The fraction of sp³-hybridized carbons (Fsp3) is 0.538. The normalized spacial score (nSPS) is 12.7. The molecule has 4 heteroatoms. The molecule has 1 aromatic rings. The Morgan fingerprint density at radius 2 is 2.24 bits per heavy atom. The average molecular weight is 304 g/mol. The first-order valence-corrected chi connectivity index (χ1v) is 6.65. The second-order valence-electron chi connectivity index (χ2n) is 4.00. The van der Waals surface area contributed by atoms with Crippen LogP contribution in [-0.4, -0.2) is 26.3 Å². The molecule has 0 bridgehead atoms. The zero-order chi connectivity index (χ0) is 12.7. The molecule has 1 aromatic carbocycles. The van der Waals surface area contributed by atoms with Crippen LogP contribution in [0.2, 0.25) is 0 Å². The smallest absolute Gasteiger partial charge is 0.123 e. The van der Waals surface area contributed by atoms with E-state index >= 15 is 0 Å². The number of nitrogens with one attached hydrogen (secondary N) is 1. The Labute approximate surface area is 111 Å². The van der Waals surface area contributed by atoms with Crippen molar-refractivity contribution < 1.29 is 9.13 Å². The van der Waals surface area contributed by atoms with Crippen LogP contribution < -0.4 is 5.32 Å². The number of hydrogen-bond acceptors (Lipinski definition) is 2. The van der Waals surface area contributed by atoms with E-state index in [4.69, 9.17) is 4.74 Å². The number of hydrogen-bond donors (Lipinski definition) is 1. The molecule has 17 heavy (non-hydrogen) atoms. The highest BCUT2D eigenvalue weighted by Gasteiger charge is 2.10. The molecule has 0 fully saturated rings. The van der Waals surface area contributed by atoms with Crippen LogP contribution in [0.1, 0.15) is 18.9 Å². The quantitative estimate of drug-likeness (QED) is 0.781. The standard InChI is InChI=1S/C13H19BrFNO/c1-3-6-17-9-12(16-2)8-10-7-11(15)4-5-13(10)14/h4-5,7,12,16H,3,6,8-9H2,1-2H3. The summed E-state index contributed by atoms with van der Waals surface area (Å²) in [5, 5.41) is 3.19. The van der Waals surface area contributed by atoms with Gasteiger partial charge in [-0.3, -0.25) is 0 Å². The molecule has 2 nitrogen and oxygen atoms in total. The van der Waals surface area contributed by atoms with Crippen molar-refractivity contribution >= 4 is 15.9 Å². The first kappa shape index (κ1) is 14.6. The van der Waals surface area contributed by atoms with E-state index in [1.165, 1.54) is 6.07 Å². The van der Waals surface area contributed by atoms with Gasteiger partial charge in [0.2, 0.25) is 0 Å². The van der Waals surface area contributed by atoms with E-state index in [-0.39, 0.29) is 11.9 Å². The van der Waals surface area contributed by atoms with Crippen LogP contribution in [0.4, 0.5) is 4.39 Å². The maximum atomic E-state index is 13.1. The molecule has 0 radical (unpaired) electrons. The number of rotatable bonds is 7. The van der Waals surface area contributed by atoms with E-state index in [0.29, 0.717) is 6.61 Å². The minimum Gasteiger partial charge on any atom is -0.380 e. The highest BCUT2D eigenvalue weighted by molar-refractivity contribution is 9.10. The number of halogens is 2. The Balaban J connectivity index is 2.57. The molecule has 0 aliphatic heterocycles. The van der Waals surface area contributed by atoms with Crippen molar-refractivity contribution in [2.75, 3.05) is 20.3 Å². The summed E-state index contributed by atoms with van der Waals surface area (Å²) in [4.78, 5) is 0. The highest BCUT2D eigenvalue weighted by atomic mass is 79.9. The maximum absolute atomic E-state index is 13.1. The lowest BCUT2D eigenvalue weighted by molar-refractivity contribution is 0.114. The van der Waals surface area contributed by atoms with Crippen molar-refractivity contribution in [3.63, 3.8) is 0 Å². The number of ether oxygens (including phenoxy) is 1. The summed E-state index contributed by atoms with van der Waals surface area (Å²) in [7, 11) is 1.90. The van der Waals surface area contributed by atoms with Crippen LogP contribution in [-0.2, 0) is 11.2 Å². The van der Waals surface area contributed by atoms with Gasteiger partial charge in [-0.15, -0.1) is 0 Å². The minimum absolute atomic E-state index is 0.201. The highest BCUT2D eigenvalue weighted by Crippen LogP contribution is 2.19. The van der Waals surface area contributed by atoms with Crippen LogP contribution in [0.25, 0.3) is 0 Å². The SMILES string of the molecule is CCCOCC(Cc1cc(F)ccc1Br)NC. The van der Waals surface area contributed by atoms with Crippen molar-refractivity contribution in [2.45, 2.75) is 25.8 Å².